The number of carbonyl (C=O) groups excluding carboxylic acids is 1. The second-order valence-electron chi connectivity index (χ2n) is 5.48. The predicted molar refractivity (Wildman–Crippen MR) is 89.5 cm³/mol. The van der Waals surface area contributed by atoms with E-state index in [-0.39, 0.29) is 23.5 Å². The molecule has 2 rings (SSSR count). The summed E-state index contributed by atoms with van der Waals surface area (Å²) in [6.07, 6.45) is 4.53. The van der Waals surface area contributed by atoms with Crippen LogP contribution >= 0.6 is 11.6 Å². The zero-order chi connectivity index (χ0) is 16.2. The highest BCUT2D eigenvalue weighted by Gasteiger charge is 2.33. The number of halogens is 1. The molecule has 1 saturated heterocycles. The highest BCUT2D eigenvalue weighted by atomic mass is 35.5. The highest BCUT2D eigenvalue weighted by molar-refractivity contribution is 7.91. The number of carbonyl (C=O) groups is 1. The van der Waals surface area contributed by atoms with Crippen LogP contribution in [-0.2, 0) is 14.6 Å². The average Bonchev–Trinajstić information content (AvgIpc) is 2.82. The molecule has 120 valence electrons. The zero-order valence-electron chi connectivity index (χ0n) is 12.5. The van der Waals surface area contributed by atoms with Crippen molar-refractivity contribution in [3.05, 3.63) is 40.9 Å². The Balaban J connectivity index is 2.10. The van der Waals surface area contributed by atoms with Crippen molar-refractivity contribution < 1.29 is 13.2 Å². The van der Waals surface area contributed by atoms with E-state index in [1.165, 1.54) is 6.08 Å². The molecule has 0 saturated carbocycles. The van der Waals surface area contributed by atoms with E-state index in [2.05, 4.69) is 0 Å². The maximum atomic E-state index is 12.4. The number of nitrogens with zero attached hydrogens (tertiary/aromatic N) is 1. The molecule has 0 spiro atoms. The van der Waals surface area contributed by atoms with Gasteiger partial charge in [0.1, 0.15) is 0 Å². The quantitative estimate of drug-likeness (QED) is 0.774. The smallest absolute Gasteiger partial charge is 0.246 e. The molecule has 0 bridgehead atoms. The molecule has 0 N–H and O–H groups in total. The number of benzene rings is 1. The van der Waals surface area contributed by atoms with Crippen LogP contribution in [0, 0.1) is 0 Å². The van der Waals surface area contributed by atoms with E-state index >= 15 is 0 Å². The van der Waals surface area contributed by atoms with Crippen molar-refractivity contribution in [1.29, 1.82) is 0 Å². The number of hydrogen-bond acceptors (Lipinski definition) is 3. The van der Waals surface area contributed by atoms with Crippen molar-refractivity contribution in [3.8, 4) is 0 Å². The van der Waals surface area contributed by atoms with Gasteiger partial charge in [-0.25, -0.2) is 8.42 Å². The normalized spacial score (nSPS) is 20.4. The first-order valence-corrected chi connectivity index (χ1v) is 9.56. The van der Waals surface area contributed by atoms with Crippen LogP contribution in [0.4, 0.5) is 0 Å². The number of hydrogen-bond donors (Lipinski definition) is 0. The molecule has 0 aliphatic carbocycles. The molecule has 1 fully saturated rings. The maximum absolute atomic E-state index is 12.4. The van der Waals surface area contributed by atoms with Crippen LogP contribution in [0.5, 0.6) is 0 Å². The van der Waals surface area contributed by atoms with Crippen LogP contribution in [0.25, 0.3) is 6.08 Å². The fraction of sp³-hybridized carbons (Fsp3) is 0.438. The Kier molecular flexibility index (Phi) is 5.64. The third kappa shape index (κ3) is 4.58. The lowest BCUT2D eigenvalue weighted by Gasteiger charge is -2.26. The summed E-state index contributed by atoms with van der Waals surface area (Å²) >= 11 is 5.91. The van der Waals surface area contributed by atoms with Crippen LogP contribution in [0.2, 0.25) is 5.02 Å². The molecule has 1 aliphatic heterocycles. The van der Waals surface area contributed by atoms with Crippen molar-refractivity contribution in [1.82, 2.24) is 4.90 Å². The molecule has 0 aromatic heterocycles. The molecule has 1 aromatic carbocycles. The summed E-state index contributed by atoms with van der Waals surface area (Å²) in [6, 6.07) is 7.02. The van der Waals surface area contributed by atoms with Gasteiger partial charge in [-0.05, 0) is 36.6 Å². The zero-order valence-corrected chi connectivity index (χ0v) is 14.1. The maximum Gasteiger partial charge on any atom is 0.246 e. The molecule has 1 aromatic rings. The topological polar surface area (TPSA) is 54.5 Å². The van der Waals surface area contributed by atoms with Gasteiger partial charge in [-0.1, -0.05) is 30.7 Å². The van der Waals surface area contributed by atoms with Crippen LogP contribution in [0.3, 0.4) is 0 Å². The lowest BCUT2D eigenvalue weighted by atomic mass is 10.2. The summed E-state index contributed by atoms with van der Waals surface area (Å²) in [7, 11) is -3.00. The minimum Gasteiger partial charge on any atom is -0.335 e. The summed E-state index contributed by atoms with van der Waals surface area (Å²) in [4.78, 5) is 14.1. The van der Waals surface area contributed by atoms with Gasteiger partial charge in [0.05, 0.1) is 11.5 Å². The first-order chi connectivity index (χ1) is 10.4. The predicted octanol–water partition coefficient (Wildman–Crippen LogP) is 2.78. The monoisotopic (exact) mass is 341 g/mol. The summed E-state index contributed by atoms with van der Waals surface area (Å²) < 4.78 is 23.2. The van der Waals surface area contributed by atoms with Gasteiger partial charge in [0.2, 0.25) is 5.91 Å². The third-order valence-electron chi connectivity index (χ3n) is 3.66. The van der Waals surface area contributed by atoms with E-state index in [9.17, 15) is 13.2 Å². The molecule has 4 nitrogen and oxygen atoms in total. The van der Waals surface area contributed by atoms with E-state index in [4.69, 9.17) is 11.6 Å². The molecule has 22 heavy (non-hydrogen) atoms. The first-order valence-electron chi connectivity index (χ1n) is 7.36. The second-order valence-corrected chi connectivity index (χ2v) is 8.14. The molecular formula is C16H20ClNO3S. The lowest BCUT2D eigenvalue weighted by molar-refractivity contribution is -0.127. The minimum absolute atomic E-state index is 0.0732. The van der Waals surface area contributed by atoms with Crippen molar-refractivity contribution in [2.75, 3.05) is 18.1 Å². The molecule has 1 unspecified atom stereocenters. The van der Waals surface area contributed by atoms with Gasteiger partial charge in [0.15, 0.2) is 9.84 Å². The average molecular weight is 342 g/mol. The van der Waals surface area contributed by atoms with Gasteiger partial charge in [0.25, 0.3) is 0 Å². The Morgan fingerprint density at radius 1 is 1.45 bits per heavy atom. The van der Waals surface area contributed by atoms with Crippen LogP contribution < -0.4 is 0 Å². The molecule has 6 heteroatoms. The van der Waals surface area contributed by atoms with E-state index in [0.29, 0.717) is 18.0 Å². The van der Waals surface area contributed by atoms with Crippen LogP contribution in [-0.4, -0.2) is 43.3 Å². The SMILES string of the molecule is CCCN(C(=O)C=Cc1cccc(Cl)c1)C1CCS(=O)(=O)C1. The van der Waals surface area contributed by atoms with Crippen LogP contribution in [0.15, 0.2) is 30.3 Å². The molecular weight excluding hydrogens is 322 g/mol. The minimum atomic E-state index is -3.00. The van der Waals surface area contributed by atoms with E-state index in [0.717, 1.165) is 12.0 Å². The highest BCUT2D eigenvalue weighted by Crippen LogP contribution is 2.19. The second kappa shape index (κ2) is 7.29. The summed E-state index contributed by atoms with van der Waals surface area (Å²) in [5.41, 5.74) is 0.844. The van der Waals surface area contributed by atoms with E-state index in [1.54, 1.807) is 23.1 Å². The largest absolute Gasteiger partial charge is 0.335 e. The van der Waals surface area contributed by atoms with Gasteiger partial charge in [0, 0.05) is 23.7 Å². The molecule has 1 amide bonds. The summed E-state index contributed by atoms with van der Waals surface area (Å²) in [6.45, 7) is 2.54. The van der Waals surface area contributed by atoms with Crippen LogP contribution in [0.1, 0.15) is 25.3 Å². The Hall–Kier alpha value is -1.33. The van der Waals surface area contributed by atoms with Gasteiger partial charge < -0.3 is 4.90 Å². The van der Waals surface area contributed by atoms with Crippen molar-refractivity contribution in [2.24, 2.45) is 0 Å². The van der Waals surface area contributed by atoms with Crippen molar-refractivity contribution in [2.45, 2.75) is 25.8 Å². The van der Waals surface area contributed by atoms with Gasteiger partial charge in [-0.3, -0.25) is 4.79 Å². The number of rotatable bonds is 5. The molecule has 1 aliphatic rings. The van der Waals surface area contributed by atoms with Gasteiger partial charge in [-0.15, -0.1) is 0 Å². The Morgan fingerprint density at radius 3 is 2.82 bits per heavy atom. The van der Waals surface area contributed by atoms with Gasteiger partial charge in [-0.2, -0.15) is 0 Å². The van der Waals surface area contributed by atoms with Crippen molar-refractivity contribution >= 4 is 33.4 Å². The van der Waals surface area contributed by atoms with E-state index in [1.807, 2.05) is 19.1 Å². The van der Waals surface area contributed by atoms with Crippen molar-refractivity contribution in [3.63, 3.8) is 0 Å². The summed E-state index contributed by atoms with van der Waals surface area (Å²) in [5, 5.41) is 0.613. The standard InChI is InChI=1S/C16H20ClNO3S/c1-2-9-18(15-8-10-22(20,21)12-15)16(19)7-6-13-4-3-5-14(17)11-13/h3-7,11,15H,2,8-10,12H2,1H3. The number of sulfone groups is 1. The first kappa shape index (κ1) is 17.0. The summed E-state index contributed by atoms with van der Waals surface area (Å²) in [5.74, 6) is 0.0938. The molecule has 0 radical (unpaired) electrons. The number of amides is 1. The molecule has 1 heterocycles. The lowest BCUT2D eigenvalue weighted by Crippen LogP contribution is -2.40. The third-order valence-corrected chi connectivity index (χ3v) is 5.65. The fourth-order valence-electron chi connectivity index (χ4n) is 2.61. The van der Waals surface area contributed by atoms with Gasteiger partial charge >= 0.3 is 0 Å². The van der Waals surface area contributed by atoms with E-state index < -0.39 is 9.84 Å². The Morgan fingerprint density at radius 2 is 2.23 bits per heavy atom. The fourth-order valence-corrected chi connectivity index (χ4v) is 4.54. The Labute approximate surface area is 136 Å². The Bertz CT molecular complexity index is 670. The molecule has 1 atom stereocenters.